The third-order valence-corrected chi connectivity index (χ3v) is 7.98. The average molecular weight is 394 g/mol. The van der Waals surface area contributed by atoms with Gasteiger partial charge in [-0.2, -0.15) is 0 Å². The van der Waals surface area contributed by atoms with Crippen molar-refractivity contribution in [2.75, 3.05) is 0 Å². The van der Waals surface area contributed by atoms with Gasteiger partial charge in [0.1, 0.15) is 0 Å². The Labute approximate surface area is 164 Å². The van der Waals surface area contributed by atoms with Gasteiger partial charge in [0.2, 0.25) is 0 Å². The summed E-state index contributed by atoms with van der Waals surface area (Å²) in [6, 6.07) is 7.71. The summed E-state index contributed by atoms with van der Waals surface area (Å²) in [6.45, 7) is 4.27. The molecular weight excluding hydrogens is 359 g/mol. The first-order valence-corrected chi connectivity index (χ1v) is 12.3. The minimum Gasteiger partial charge on any atom is -0.376 e. The molecule has 5 heteroatoms. The van der Waals surface area contributed by atoms with Crippen LogP contribution in [0.5, 0.6) is 0 Å². The lowest BCUT2D eigenvalue weighted by Gasteiger charge is -2.33. The van der Waals surface area contributed by atoms with E-state index in [4.69, 9.17) is 9.05 Å². The Balaban J connectivity index is 1.78. The lowest BCUT2D eigenvalue weighted by Crippen LogP contribution is -2.22. The molecule has 0 saturated heterocycles. The second kappa shape index (κ2) is 9.69. The molecule has 2 saturated carbocycles. The highest BCUT2D eigenvalue weighted by Gasteiger charge is 2.41. The van der Waals surface area contributed by atoms with Gasteiger partial charge in [0.05, 0.1) is 12.2 Å². The third-order valence-electron chi connectivity index (χ3n) is 5.90. The standard InChI is InChI=1S/C22H35O4P/c1-17(2)18-13-15-19(16-14-18)22(23)27(24,25-20-9-5-3-6-10-20)26-21-11-7-4-8-12-21/h13-17,20-23H,3-12H2,1-2H3/t22-/m0/s1. The van der Waals surface area contributed by atoms with Gasteiger partial charge < -0.3 is 14.2 Å². The monoisotopic (exact) mass is 394 g/mol. The molecule has 27 heavy (non-hydrogen) atoms. The number of benzene rings is 1. The van der Waals surface area contributed by atoms with E-state index >= 15 is 0 Å². The van der Waals surface area contributed by atoms with E-state index in [0.717, 1.165) is 51.4 Å². The van der Waals surface area contributed by atoms with E-state index in [1.54, 1.807) is 0 Å². The summed E-state index contributed by atoms with van der Waals surface area (Å²) < 4.78 is 25.9. The molecule has 0 aliphatic heterocycles. The minimum atomic E-state index is -3.65. The molecule has 0 heterocycles. The van der Waals surface area contributed by atoms with Gasteiger partial charge in [-0.05, 0) is 42.7 Å². The van der Waals surface area contributed by atoms with Crippen molar-refractivity contribution in [3.63, 3.8) is 0 Å². The van der Waals surface area contributed by atoms with Gasteiger partial charge in [0.25, 0.3) is 0 Å². The molecule has 1 aromatic carbocycles. The molecule has 3 rings (SSSR count). The van der Waals surface area contributed by atoms with Gasteiger partial charge in [-0.15, -0.1) is 0 Å². The van der Waals surface area contributed by atoms with Crippen LogP contribution in [0, 0.1) is 0 Å². The van der Waals surface area contributed by atoms with Crippen molar-refractivity contribution in [1.29, 1.82) is 0 Å². The Hall–Kier alpha value is -0.670. The fraction of sp³-hybridized carbons (Fsp3) is 0.727. The van der Waals surface area contributed by atoms with Gasteiger partial charge in [-0.3, -0.25) is 4.57 Å². The molecular formula is C22H35O4P. The predicted molar refractivity (Wildman–Crippen MR) is 109 cm³/mol. The second-order valence-corrected chi connectivity index (χ2v) is 10.5. The first-order valence-electron chi connectivity index (χ1n) is 10.7. The van der Waals surface area contributed by atoms with Crippen molar-refractivity contribution in [3.8, 4) is 0 Å². The van der Waals surface area contributed by atoms with Crippen LogP contribution < -0.4 is 0 Å². The van der Waals surface area contributed by atoms with Crippen LogP contribution >= 0.6 is 7.60 Å². The van der Waals surface area contributed by atoms with E-state index in [0.29, 0.717) is 11.5 Å². The van der Waals surface area contributed by atoms with Gasteiger partial charge in [-0.1, -0.05) is 76.6 Å². The molecule has 0 aromatic heterocycles. The summed E-state index contributed by atoms with van der Waals surface area (Å²) in [5, 5.41) is 11.0. The van der Waals surface area contributed by atoms with Crippen LogP contribution in [0.3, 0.4) is 0 Å². The lowest BCUT2D eigenvalue weighted by molar-refractivity contribution is 0.0545. The summed E-state index contributed by atoms with van der Waals surface area (Å²) in [5.74, 6) is -0.803. The normalized spacial score (nSPS) is 21.5. The van der Waals surface area contributed by atoms with Gasteiger partial charge >= 0.3 is 7.60 Å². The molecule has 2 aliphatic carbocycles. The number of hydrogen-bond acceptors (Lipinski definition) is 4. The van der Waals surface area contributed by atoms with E-state index in [2.05, 4.69) is 13.8 Å². The SMILES string of the molecule is CC(C)c1ccc([C@@H](O)P(=O)(OC2CCCCC2)OC2CCCCC2)cc1. The molecule has 0 spiro atoms. The van der Waals surface area contributed by atoms with Gasteiger partial charge in [-0.25, -0.2) is 0 Å². The van der Waals surface area contributed by atoms with Crippen molar-refractivity contribution in [2.45, 2.75) is 102 Å². The summed E-state index contributed by atoms with van der Waals surface area (Å²) >= 11 is 0. The summed E-state index contributed by atoms with van der Waals surface area (Å²) in [4.78, 5) is 0. The molecule has 1 N–H and O–H groups in total. The van der Waals surface area contributed by atoms with E-state index in [1.165, 1.54) is 18.4 Å². The third kappa shape index (κ3) is 5.67. The van der Waals surface area contributed by atoms with E-state index < -0.39 is 13.4 Å². The predicted octanol–water partition coefficient (Wildman–Crippen LogP) is 6.69. The first kappa shape index (κ1) is 21.0. The zero-order valence-electron chi connectivity index (χ0n) is 16.8. The van der Waals surface area contributed by atoms with E-state index in [1.807, 2.05) is 24.3 Å². The van der Waals surface area contributed by atoms with Crippen molar-refractivity contribution < 1.29 is 18.7 Å². The molecule has 0 unspecified atom stereocenters. The molecule has 2 fully saturated rings. The second-order valence-electron chi connectivity index (χ2n) is 8.47. The topological polar surface area (TPSA) is 55.8 Å². The van der Waals surface area contributed by atoms with Gasteiger partial charge in [0, 0.05) is 0 Å². The van der Waals surface area contributed by atoms with Gasteiger partial charge in [0.15, 0.2) is 5.85 Å². The van der Waals surface area contributed by atoms with E-state index in [-0.39, 0.29) is 12.2 Å². The number of rotatable bonds is 7. The Morgan fingerprint density at radius 2 is 1.22 bits per heavy atom. The molecule has 152 valence electrons. The largest absolute Gasteiger partial charge is 0.376 e. The first-order chi connectivity index (χ1) is 13.0. The maximum atomic E-state index is 13.8. The van der Waals surface area contributed by atoms with Crippen molar-refractivity contribution in [3.05, 3.63) is 35.4 Å². The fourth-order valence-electron chi connectivity index (χ4n) is 4.13. The van der Waals surface area contributed by atoms with Crippen LogP contribution in [-0.4, -0.2) is 17.3 Å². The Bertz CT molecular complexity index is 592. The van der Waals surface area contributed by atoms with Crippen molar-refractivity contribution in [1.82, 2.24) is 0 Å². The van der Waals surface area contributed by atoms with Crippen LogP contribution in [-0.2, 0) is 13.6 Å². The highest BCUT2D eigenvalue weighted by atomic mass is 31.2. The molecule has 2 aliphatic rings. The Morgan fingerprint density at radius 3 is 1.63 bits per heavy atom. The zero-order chi connectivity index (χ0) is 19.3. The number of aliphatic hydroxyl groups excluding tert-OH is 1. The van der Waals surface area contributed by atoms with Crippen LogP contribution in [0.4, 0.5) is 0 Å². The summed E-state index contributed by atoms with van der Waals surface area (Å²) in [7, 11) is -3.65. The Kier molecular flexibility index (Phi) is 7.56. The van der Waals surface area contributed by atoms with Crippen LogP contribution in [0.15, 0.2) is 24.3 Å². The summed E-state index contributed by atoms with van der Waals surface area (Å²) in [5.41, 5.74) is 1.82. The molecule has 0 amide bonds. The highest BCUT2D eigenvalue weighted by molar-refractivity contribution is 7.54. The average Bonchev–Trinajstić information content (AvgIpc) is 2.69. The zero-order valence-corrected chi connectivity index (χ0v) is 17.7. The molecule has 1 aromatic rings. The maximum absolute atomic E-state index is 13.8. The van der Waals surface area contributed by atoms with Crippen LogP contribution in [0.2, 0.25) is 0 Å². The fourth-order valence-corrected chi connectivity index (χ4v) is 6.20. The van der Waals surface area contributed by atoms with Crippen molar-refractivity contribution in [2.24, 2.45) is 0 Å². The lowest BCUT2D eigenvalue weighted by atomic mass is 9.98. The number of aliphatic hydroxyl groups is 1. The smallest absolute Gasteiger partial charge is 0.363 e. The number of hydrogen-bond donors (Lipinski definition) is 1. The van der Waals surface area contributed by atoms with E-state index in [9.17, 15) is 9.67 Å². The Morgan fingerprint density at radius 1 is 0.815 bits per heavy atom. The summed E-state index contributed by atoms with van der Waals surface area (Å²) in [6.07, 6.45) is 10.2. The highest BCUT2D eigenvalue weighted by Crippen LogP contribution is 2.62. The molecule has 0 radical (unpaired) electrons. The minimum absolute atomic E-state index is 0.0715. The quantitative estimate of drug-likeness (QED) is 0.523. The molecule has 0 bridgehead atoms. The maximum Gasteiger partial charge on any atom is 0.363 e. The molecule has 1 atom stereocenters. The van der Waals surface area contributed by atoms with Crippen LogP contribution in [0.1, 0.15) is 101 Å². The van der Waals surface area contributed by atoms with Crippen LogP contribution in [0.25, 0.3) is 0 Å². The van der Waals surface area contributed by atoms with Crippen molar-refractivity contribution >= 4 is 7.60 Å². The molecule has 4 nitrogen and oxygen atoms in total.